The van der Waals surface area contributed by atoms with Crippen molar-refractivity contribution in [2.24, 2.45) is 0 Å². The van der Waals surface area contributed by atoms with Crippen LogP contribution in [-0.2, 0) is 0 Å². The second-order valence-electron chi connectivity index (χ2n) is 13.6. The van der Waals surface area contributed by atoms with Crippen LogP contribution in [0.4, 0.5) is 0 Å². The van der Waals surface area contributed by atoms with Crippen molar-refractivity contribution in [1.82, 2.24) is 15.0 Å². The summed E-state index contributed by atoms with van der Waals surface area (Å²) in [6, 6.07) is 50.3. The number of hydrogen-bond acceptors (Lipinski definition) is 5. The largest absolute Gasteiger partial charge is 0.456 e. The molecule has 0 atom stereocenters. The molecule has 56 heavy (non-hydrogen) atoms. The molecule has 0 radical (unpaired) electrons. The van der Waals surface area contributed by atoms with Gasteiger partial charge in [-0.05, 0) is 75.8 Å². The first kappa shape index (κ1) is 27.0. The van der Waals surface area contributed by atoms with Gasteiger partial charge < -0.3 is 8.83 Å². The zero-order chi connectivity index (χ0) is 41.4. The lowest BCUT2D eigenvalue weighted by molar-refractivity contribution is 0.669. The summed E-state index contributed by atoms with van der Waals surface area (Å²) in [4.78, 5) is 15.0. The fraction of sp³-hybridized carbons (Fsp3) is 0. The summed E-state index contributed by atoms with van der Waals surface area (Å²) in [5.41, 5.74) is 10.2. The molecule has 0 N–H and O–H groups in total. The molecule has 5 heteroatoms. The minimum Gasteiger partial charge on any atom is -0.456 e. The number of benzene rings is 8. The first-order chi connectivity index (χ1) is 29.8. The van der Waals surface area contributed by atoms with Crippen LogP contribution in [0.2, 0.25) is 0 Å². The zero-order valence-electron chi connectivity index (χ0n) is 34.7. The zero-order valence-corrected chi connectivity index (χ0v) is 29.7. The van der Waals surface area contributed by atoms with Crippen molar-refractivity contribution in [2.45, 2.75) is 0 Å². The lowest BCUT2D eigenvalue weighted by atomic mass is 9.97. The Hall–Kier alpha value is -7.63. The van der Waals surface area contributed by atoms with Crippen molar-refractivity contribution >= 4 is 43.9 Å². The molecule has 5 nitrogen and oxygen atoms in total. The number of fused-ring (bicyclic) bond motifs is 6. The van der Waals surface area contributed by atoms with E-state index in [4.69, 9.17) is 30.6 Å². The number of rotatable bonds is 6. The predicted molar refractivity (Wildman–Crippen MR) is 227 cm³/mol. The van der Waals surface area contributed by atoms with Crippen LogP contribution in [0, 0.1) is 0 Å². The number of para-hydroxylation sites is 2. The third-order valence-corrected chi connectivity index (χ3v) is 10.3. The minimum atomic E-state index is -0.401. The van der Waals surface area contributed by atoms with Crippen molar-refractivity contribution in [3.63, 3.8) is 0 Å². The highest BCUT2D eigenvalue weighted by Crippen LogP contribution is 2.38. The molecule has 0 aliphatic heterocycles. The second-order valence-corrected chi connectivity index (χ2v) is 13.6. The van der Waals surface area contributed by atoms with Crippen LogP contribution in [-0.4, -0.2) is 15.0 Å². The summed E-state index contributed by atoms with van der Waals surface area (Å²) in [6.45, 7) is 0. The maximum absolute atomic E-state index is 8.34. The smallest absolute Gasteiger partial charge is 0.167 e. The molecule has 3 heterocycles. The molecule has 0 spiro atoms. The molecular formula is C51H31N3O2. The molecule has 8 aromatic carbocycles. The summed E-state index contributed by atoms with van der Waals surface area (Å²) in [5.74, 6) is 1.62. The van der Waals surface area contributed by atoms with Gasteiger partial charge in [0.25, 0.3) is 0 Å². The quantitative estimate of drug-likeness (QED) is 0.171. The fourth-order valence-corrected chi connectivity index (χ4v) is 7.44. The van der Waals surface area contributed by atoms with Crippen LogP contribution in [0.1, 0.15) is 6.85 Å². The topological polar surface area (TPSA) is 65.0 Å². The molecule has 0 bridgehead atoms. The Morgan fingerprint density at radius 1 is 0.339 bits per heavy atom. The van der Waals surface area contributed by atoms with Gasteiger partial charge in [0.1, 0.15) is 22.3 Å². The van der Waals surface area contributed by atoms with E-state index in [1.807, 2.05) is 97.1 Å². The van der Waals surface area contributed by atoms with E-state index in [1.54, 1.807) is 12.1 Å². The third-order valence-electron chi connectivity index (χ3n) is 10.3. The maximum Gasteiger partial charge on any atom is 0.167 e. The van der Waals surface area contributed by atoms with Gasteiger partial charge in [0.2, 0.25) is 0 Å². The SMILES string of the molecule is [2H]c1c([2H])c([2H])c(-c2ccc(-c3ccc(-c4ccc5c(c4)oc4ccc(-c6nc(-c7ccccc7)nc(-c7cccc8c7oc7ccccc78)n6)cc45)cc3)cc2)c([2H])c1[2H]. The maximum atomic E-state index is 8.34. The Morgan fingerprint density at radius 2 is 0.911 bits per heavy atom. The Balaban J connectivity index is 0.925. The van der Waals surface area contributed by atoms with Gasteiger partial charge in [-0.25, -0.2) is 15.0 Å². The Kier molecular flexibility index (Phi) is 6.29. The summed E-state index contributed by atoms with van der Waals surface area (Å²) in [5, 5.41) is 3.96. The molecular weight excluding hydrogens is 687 g/mol. The molecule has 262 valence electrons. The Labute approximate surface area is 329 Å². The van der Waals surface area contributed by atoms with E-state index >= 15 is 0 Å². The van der Waals surface area contributed by atoms with Crippen molar-refractivity contribution in [3.05, 3.63) is 188 Å². The number of nitrogens with zero attached hydrogens (tertiary/aromatic N) is 3. The van der Waals surface area contributed by atoms with Crippen molar-refractivity contribution in [2.75, 3.05) is 0 Å². The van der Waals surface area contributed by atoms with Crippen LogP contribution < -0.4 is 0 Å². The van der Waals surface area contributed by atoms with Gasteiger partial charge in [0.05, 0.1) is 12.4 Å². The van der Waals surface area contributed by atoms with E-state index < -0.39 is 6.04 Å². The van der Waals surface area contributed by atoms with Crippen molar-refractivity contribution in [3.8, 4) is 67.5 Å². The van der Waals surface area contributed by atoms with Gasteiger partial charge in [0, 0.05) is 32.7 Å². The van der Waals surface area contributed by atoms with Crippen molar-refractivity contribution < 1.29 is 15.7 Å². The number of furan rings is 2. The van der Waals surface area contributed by atoms with Crippen LogP contribution in [0.3, 0.4) is 0 Å². The molecule has 0 aliphatic rings. The van der Waals surface area contributed by atoms with Gasteiger partial charge in [-0.15, -0.1) is 0 Å². The van der Waals surface area contributed by atoms with Crippen molar-refractivity contribution in [1.29, 1.82) is 0 Å². The second kappa shape index (κ2) is 13.0. The molecule has 0 amide bonds. The average Bonchev–Trinajstić information content (AvgIpc) is 3.88. The lowest BCUT2D eigenvalue weighted by Gasteiger charge is -2.09. The van der Waals surface area contributed by atoms with E-state index in [0.29, 0.717) is 23.0 Å². The van der Waals surface area contributed by atoms with Crippen LogP contribution in [0.15, 0.2) is 197 Å². The van der Waals surface area contributed by atoms with Crippen LogP contribution >= 0.6 is 0 Å². The van der Waals surface area contributed by atoms with E-state index in [2.05, 4.69) is 48.5 Å². The number of hydrogen-bond donors (Lipinski definition) is 0. The first-order valence-electron chi connectivity index (χ1n) is 20.8. The highest BCUT2D eigenvalue weighted by atomic mass is 16.3. The molecule has 0 fully saturated rings. The van der Waals surface area contributed by atoms with E-state index in [-0.39, 0.29) is 29.7 Å². The average molecular weight is 723 g/mol. The summed E-state index contributed by atoms with van der Waals surface area (Å²) < 4.78 is 53.5. The van der Waals surface area contributed by atoms with Gasteiger partial charge in [-0.3, -0.25) is 0 Å². The normalized spacial score (nSPS) is 12.8. The highest BCUT2D eigenvalue weighted by Gasteiger charge is 2.19. The third kappa shape index (κ3) is 5.53. The summed E-state index contributed by atoms with van der Waals surface area (Å²) in [6.07, 6.45) is 0. The molecule has 11 aromatic rings. The standard InChI is InChI=1S/C51H31N3O2/c1-3-10-32(11-4-1)33-18-20-34(21-19-33)35-22-24-36(25-23-35)38-26-28-41-44-30-39(27-29-46(44)55-47(41)31-38)50-52-49(37-12-5-2-6-13-37)53-51(54-50)43-16-9-15-42-40-14-7-8-17-45(40)56-48(42)43/h1-31H/i1D,3D,4D,10D,11D. The van der Waals surface area contributed by atoms with Gasteiger partial charge in [0.15, 0.2) is 17.5 Å². The van der Waals surface area contributed by atoms with Gasteiger partial charge >= 0.3 is 0 Å². The van der Waals surface area contributed by atoms with Crippen LogP contribution in [0.25, 0.3) is 111 Å². The monoisotopic (exact) mass is 722 g/mol. The van der Waals surface area contributed by atoms with E-state index in [0.717, 1.165) is 82.8 Å². The minimum absolute atomic E-state index is 0.190. The molecule has 3 aromatic heterocycles. The lowest BCUT2D eigenvalue weighted by Crippen LogP contribution is -2.00. The highest BCUT2D eigenvalue weighted by molar-refractivity contribution is 6.09. The molecule has 0 saturated carbocycles. The van der Waals surface area contributed by atoms with Crippen LogP contribution in [0.5, 0.6) is 0 Å². The molecule has 11 rings (SSSR count). The first-order valence-corrected chi connectivity index (χ1v) is 18.3. The molecule has 0 unspecified atom stereocenters. The Morgan fingerprint density at radius 3 is 1.68 bits per heavy atom. The van der Waals surface area contributed by atoms with Gasteiger partial charge in [-0.1, -0.05) is 145 Å². The number of aromatic nitrogens is 3. The molecule has 0 aliphatic carbocycles. The summed E-state index contributed by atoms with van der Waals surface area (Å²) >= 11 is 0. The van der Waals surface area contributed by atoms with Gasteiger partial charge in [-0.2, -0.15) is 0 Å². The predicted octanol–water partition coefficient (Wildman–Crippen LogP) is 13.7. The van der Waals surface area contributed by atoms with E-state index in [9.17, 15) is 0 Å². The summed E-state index contributed by atoms with van der Waals surface area (Å²) in [7, 11) is 0. The Bertz CT molecular complexity index is 3500. The molecule has 0 saturated heterocycles. The van der Waals surface area contributed by atoms with E-state index in [1.165, 1.54) is 0 Å². The fourth-order valence-electron chi connectivity index (χ4n) is 7.44.